The molecule has 1 aromatic carbocycles. The van der Waals surface area contributed by atoms with Crippen LogP contribution in [-0.4, -0.2) is 11.8 Å². The van der Waals surface area contributed by atoms with Gasteiger partial charge in [0.15, 0.2) is 0 Å². The number of benzene rings is 1. The standard InChI is InChI=1S/C11H10O3/c1-2-10(12)11(13)14-8-9-6-4-3-5-7-9/h2-7H,1,8H2. The van der Waals surface area contributed by atoms with Crippen LogP contribution in [0, 0.1) is 0 Å². The van der Waals surface area contributed by atoms with Gasteiger partial charge in [0.1, 0.15) is 6.61 Å². The quantitative estimate of drug-likeness (QED) is 0.410. The highest BCUT2D eigenvalue weighted by atomic mass is 16.5. The van der Waals surface area contributed by atoms with E-state index in [4.69, 9.17) is 4.74 Å². The molecule has 72 valence electrons. The van der Waals surface area contributed by atoms with E-state index in [2.05, 4.69) is 6.58 Å². The third-order valence-corrected chi connectivity index (χ3v) is 1.60. The third kappa shape index (κ3) is 2.86. The number of carbonyl (C=O) groups excluding carboxylic acids is 2. The Bertz CT molecular complexity index is 341. The van der Waals surface area contributed by atoms with E-state index >= 15 is 0 Å². The minimum absolute atomic E-state index is 0.110. The first-order valence-electron chi connectivity index (χ1n) is 4.11. The van der Waals surface area contributed by atoms with Gasteiger partial charge in [0, 0.05) is 0 Å². The second kappa shape index (κ2) is 4.97. The summed E-state index contributed by atoms with van der Waals surface area (Å²) in [6, 6.07) is 9.15. The zero-order valence-corrected chi connectivity index (χ0v) is 7.60. The van der Waals surface area contributed by atoms with Crippen LogP contribution in [0.3, 0.4) is 0 Å². The zero-order valence-electron chi connectivity index (χ0n) is 7.60. The number of esters is 1. The number of hydrogen-bond donors (Lipinski definition) is 0. The summed E-state index contributed by atoms with van der Waals surface area (Å²) >= 11 is 0. The average molecular weight is 190 g/mol. The number of carbonyl (C=O) groups is 2. The summed E-state index contributed by atoms with van der Waals surface area (Å²) in [5, 5.41) is 0. The van der Waals surface area contributed by atoms with Crippen molar-refractivity contribution in [2.24, 2.45) is 0 Å². The largest absolute Gasteiger partial charge is 0.455 e. The highest BCUT2D eigenvalue weighted by molar-refractivity contribution is 6.38. The summed E-state index contributed by atoms with van der Waals surface area (Å²) < 4.78 is 4.72. The number of hydrogen-bond acceptors (Lipinski definition) is 3. The van der Waals surface area contributed by atoms with E-state index in [-0.39, 0.29) is 6.61 Å². The van der Waals surface area contributed by atoms with Crippen molar-refractivity contribution in [3.05, 3.63) is 48.6 Å². The smallest absolute Gasteiger partial charge is 0.379 e. The molecule has 0 fully saturated rings. The fourth-order valence-electron chi connectivity index (χ4n) is 0.878. The van der Waals surface area contributed by atoms with Crippen molar-refractivity contribution < 1.29 is 14.3 Å². The van der Waals surface area contributed by atoms with Crippen molar-refractivity contribution in [1.82, 2.24) is 0 Å². The first-order valence-corrected chi connectivity index (χ1v) is 4.11. The first-order chi connectivity index (χ1) is 6.74. The van der Waals surface area contributed by atoms with Crippen LogP contribution in [0.2, 0.25) is 0 Å². The van der Waals surface area contributed by atoms with Crippen LogP contribution in [0.25, 0.3) is 0 Å². The molecule has 1 aromatic rings. The maximum absolute atomic E-state index is 10.9. The van der Waals surface area contributed by atoms with Crippen molar-refractivity contribution in [3.63, 3.8) is 0 Å². The summed E-state index contributed by atoms with van der Waals surface area (Å²) in [5.41, 5.74) is 0.845. The van der Waals surface area contributed by atoms with Crippen molar-refractivity contribution in [3.8, 4) is 0 Å². The second-order valence-electron chi connectivity index (χ2n) is 2.63. The maximum atomic E-state index is 10.9. The molecule has 0 atom stereocenters. The Hall–Kier alpha value is -1.90. The number of ether oxygens (including phenoxy) is 1. The third-order valence-electron chi connectivity index (χ3n) is 1.60. The average Bonchev–Trinajstić information content (AvgIpc) is 2.26. The van der Waals surface area contributed by atoms with Gasteiger partial charge in [-0.1, -0.05) is 36.9 Å². The first kappa shape index (κ1) is 10.2. The van der Waals surface area contributed by atoms with E-state index in [1.54, 1.807) is 0 Å². The molecule has 0 aromatic heterocycles. The topological polar surface area (TPSA) is 43.4 Å². The molecule has 0 heterocycles. The Balaban J connectivity index is 2.46. The normalized spacial score (nSPS) is 9.14. The highest BCUT2D eigenvalue weighted by Gasteiger charge is 2.10. The van der Waals surface area contributed by atoms with E-state index in [1.807, 2.05) is 30.3 Å². The molecular weight excluding hydrogens is 180 g/mol. The monoisotopic (exact) mass is 190 g/mol. The fraction of sp³-hybridized carbons (Fsp3) is 0.0909. The van der Waals surface area contributed by atoms with E-state index in [1.165, 1.54) is 0 Å². The molecular formula is C11H10O3. The molecule has 0 unspecified atom stereocenters. The predicted octanol–water partition coefficient (Wildman–Crippen LogP) is 1.48. The lowest BCUT2D eigenvalue weighted by Gasteiger charge is -2.01. The summed E-state index contributed by atoms with van der Waals surface area (Å²) in [7, 11) is 0. The van der Waals surface area contributed by atoms with E-state index in [9.17, 15) is 9.59 Å². The molecule has 0 saturated carbocycles. The molecule has 0 spiro atoms. The Morgan fingerprint density at radius 2 is 1.93 bits per heavy atom. The van der Waals surface area contributed by atoms with Crippen LogP contribution < -0.4 is 0 Å². The van der Waals surface area contributed by atoms with Crippen LogP contribution in [0.5, 0.6) is 0 Å². The lowest BCUT2D eigenvalue weighted by atomic mass is 10.2. The summed E-state index contributed by atoms with van der Waals surface area (Å²) in [5.74, 6) is -1.59. The van der Waals surface area contributed by atoms with Gasteiger partial charge in [-0.25, -0.2) is 4.79 Å². The molecule has 1 rings (SSSR count). The number of ketones is 1. The second-order valence-corrected chi connectivity index (χ2v) is 2.63. The molecule has 3 nitrogen and oxygen atoms in total. The maximum Gasteiger partial charge on any atom is 0.379 e. The van der Waals surface area contributed by atoms with Gasteiger partial charge < -0.3 is 4.74 Å². The minimum Gasteiger partial charge on any atom is -0.455 e. The van der Waals surface area contributed by atoms with Crippen LogP contribution in [-0.2, 0) is 20.9 Å². The van der Waals surface area contributed by atoms with Crippen molar-refractivity contribution >= 4 is 11.8 Å². The summed E-state index contributed by atoms with van der Waals surface area (Å²) in [6.45, 7) is 3.30. The molecule has 0 amide bonds. The minimum atomic E-state index is -0.871. The molecule has 0 aliphatic rings. The van der Waals surface area contributed by atoms with Gasteiger partial charge in [-0.3, -0.25) is 4.79 Å². The number of rotatable bonds is 4. The van der Waals surface area contributed by atoms with E-state index in [0.29, 0.717) is 0 Å². The summed E-state index contributed by atoms with van der Waals surface area (Å²) in [6.07, 6.45) is 0.938. The zero-order chi connectivity index (χ0) is 10.4. The van der Waals surface area contributed by atoms with Gasteiger partial charge in [0.05, 0.1) is 0 Å². The molecule has 0 bridgehead atoms. The van der Waals surface area contributed by atoms with Crippen LogP contribution in [0.4, 0.5) is 0 Å². The van der Waals surface area contributed by atoms with Gasteiger partial charge >= 0.3 is 5.97 Å². The Kier molecular flexibility index (Phi) is 3.61. The van der Waals surface area contributed by atoms with Gasteiger partial charge in [-0.15, -0.1) is 0 Å². The van der Waals surface area contributed by atoms with Crippen molar-refractivity contribution in [2.45, 2.75) is 6.61 Å². The van der Waals surface area contributed by atoms with Gasteiger partial charge in [0.2, 0.25) is 0 Å². The molecule has 0 N–H and O–H groups in total. The fourth-order valence-corrected chi connectivity index (χ4v) is 0.878. The molecule has 0 aliphatic heterocycles. The molecule has 14 heavy (non-hydrogen) atoms. The van der Waals surface area contributed by atoms with Gasteiger partial charge in [0.25, 0.3) is 5.78 Å². The van der Waals surface area contributed by atoms with Crippen LogP contribution in [0.1, 0.15) is 5.56 Å². The molecule has 3 heteroatoms. The van der Waals surface area contributed by atoms with Gasteiger partial charge in [-0.2, -0.15) is 0 Å². The lowest BCUT2D eigenvalue weighted by Crippen LogP contribution is -2.14. The van der Waals surface area contributed by atoms with Crippen LogP contribution >= 0.6 is 0 Å². The van der Waals surface area contributed by atoms with E-state index in [0.717, 1.165) is 11.6 Å². The Labute approximate surface area is 82.0 Å². The lowest BCUT2D eigenvalue weighted by molar-refractivity contribution is -0.152. The van der Waals surface area contributed by atoms with E-state index < -0.39 is 11.8 Å². The SMILES string of the molecule is C=CC(=O)C(=O)OCc1ccccc1. The predicted molar refractivity (Wildman–Crippen MR) is 51.4 cm³/mol. The van der Waals surface area contributed by atoms with Crippen LogP contribution in [0.15, 0.2) is 43.0 Å². The Morgan fingerprint density at radius 3 is 2.50 bits per heavy atom. The van der Waals surface area contributed by atoms with Crippen molar-refractivity contribution in [2.75, 3.05) is 0 Å². The summed E-state index contributed by atoms with van der Waals surface area (Å²) in [4.78, 5) is 21.6. The molecule has 0 aliphatic carbocycles. The van der Waals surface area contributed by atoms with Crippen molar-refractivity contribution in [1.29, 1.82) is 0 Å². The Morgan fingerprint density at radius 1 is 1.29 bits per heavy atom. The highest BCUT2D eigenvalue weighted by Crippen LogP contribution is 2.00. The molecule has 0 radical (unpaired) electrons. The molecule has 0 saturated heterocycles. The van der Waals surface area contributed by atoms with Gasteiger partial charge in [-0.05, 0) is 11.6 Å².